The number of amides is 1. The summed E-state index contributed by atoms with van der Waals surface area (Å²) in [7, 11) is 0. The zero-order valence-electron chi connectivity index (χ0n) is 14.1. The largest absolute Gasteiger partial charge is 0.380 e. The van der Waals surface area contributed by atoms with Gasteiger partial charge in [-0.05, 0) is 53.9 Å². The molecule has 124 valence electrons. The van der Waals surface area contributed by atoms with Crippen molar-refractivity contribution in [2.45, 2.75) is 20.0 Å². The van der Waals surface area contributed by atoms with E-state index in [0.29, 0.717) is 13.1 Å². The lowest BCUT2D eigenvalue weighted by molar-refractivity contribution is 0.0997. The van der Waals surface area contributed by atoms with Crippen LogP contribution >= 0.6 is 0 Å². The highest BCUT2D eigenvalue weighted by atomic mass is 16.2. The predicted octanol–water partition coefficient (Wildman–Crippen LogP) is 4.16. The summed E-state index contributed by atoms with van der Waals surface area (Å²) < 4.78 is 0. The third-order valence-corrected chi connectivity index (χ3v) is 4.48. The average Bonchev–Trinajstić information content (AvgIpc) is 2.98. The highest BCUT2D eigenvalue weighted by Crippen LogP contribution is 2.33. The first-order chi connectivity index (χ1) is 12.2. The molecule has 4 nitrogen and oxygen atoms in total. The van der Waals surface area contributed by atoms with Crippen molar-refractivity contribution in [3.8, 4) is 0 Å². The summed E-state index contributed by atoms with van der Waals surface area (Å²) in [5, 5.41) is 3.40. The first-order valence-electron chi connectivity index (χ1n) is 8.35. The molecule has 25 heavy (non-hydrogen) atoms. The lowest BCUT2D eigenvalue weighted by Gasteiger charge is -2.16. The van der Waals surface area contributed by atoms with Crippen LogP contribution in [-0.4, -0.2) is 10.9 Å². The van der Waals surface area contributed by atoms with Crippen LogP contribution in [0, 0.1) is 6.92 Å². The third kappa shape index (κ3) is 2.98. The molecule has 0 unspecified atom stereocenters. The lowest BCUT2D eigenvalue weighted by Crippen LogP contribution is -2.23. The number of benzene rings is 2. The van der Waals surface area contributed by atoms with Gasteiger partial charge in [0.05, 0.1) is 12.1 Å². The Morgan fingerprint density at radius 1 is 1.08 bits per heavy atom. The van der Waals surface area contributed by atoms with Crippen molar-refractivity contribution in [2.24, 2.45) is 0 Å². The molecule has 3 aromatic rings. The van der Waals surface area contributed by atoms with Crippen LogP contribution in [0.15, 0.2) is 67.0 Å². The molecule has 0 saturated heterocycles. The molecule has 1 aromatic heterocycles. The SMILES string of the molecule is Cc1cccc(N2Cc3cccc(NCc4ccncc4)c3C2=O)c1. The Labute approximate surface area is 147 Å². The van der Waals surface area contributed by atoms with E-state index >= 15 is 0 Å². The van der Waals surface area contributed by atoms with Crippen molar-refractivity contribution in [3.05, 3.63) is 89.2 Å². The van der Waals surface area contributed by atoms with E-state index in [9.17, 15) is 4.79 Å². The Kier molecular flexibility index (Phi) is 3.94. The molecule has 4 heteroatoms. The number of aromatic nitrogens is 1. The van der Waals surface area contributed by atoms with Crippen LogP contribution in [0.3, 0.4) is 0 Å². The van der Waals surface area contributed by atoms with Gasteiger partial charge < -0.3 is 10.2 Å². The van der Waals surface area contributed by atoms with Gasteiger partial charge in [-0.3, -0.25) is 9.78 Å². The number of pyridine rings is 1. The maximum absolute atomic E-state index is 13.0. The van der Waals surface area contributed by atoms with Gasteiger partial charge in [0.1, 0.15) is 0 Å². The summed E-state index contributed by atoms with van der Waals surface area (Å²) in [5.74, 6) is 0.0541. The summed E-state index contributed by atoms with van der Waals surface area (Å²) in [4.78, 5) is 18.9. The molecule has 1 aliphatic rings. The molecule has 1 amide bonds. The number of nitrogens with zero attached hydrogens (tertiary/aromatic N) is 2. The molecule has 4 rings (SSSR count). The summed E-state index contributed by atoms with van der Waals surface area (Å²) in [6.07, 6.45) is 3.55. The summed E-state index contributed by atoms with van der Waals surface area (Å²) >= 11 is 0. The Hall–Kier alpha value is -3.14. The van der Waals surface area contributed by atoms with Crippen LogP contribution < -0.4 is 10.2 Å². The number of anilines is 2. The van der Waals surface area contributed by atoms with Crippen molar-refractivity contribution >= 4 is 17.3 Å². The minimum atomic E-state index is 0.0541. The number of hydrogen-bond acceptors (Lipinski definition) is 3. The van der Waals surface area contributed by atoms with Gasteiger partial charge >= 0.3 is 0 Å². The molecule has 1 N–H and O–H groups in total. The van der Waals surface area contributed by atoms with Crippen LogP contribution in [-0.2, 0) is 13.1 Å². The van der Waals surface area contributed by atoms with Gasteiger partial charge in [-0.15, -0.1) is 0 Å². The second-order valence-electron chi connectivity index (χ2n) is 6.28. The van der Waals surface area contributed by atoms with Crippen LogP contribution in [0.1, 0.15) is 27.0 Å². The van der Waals surface area contributed by atoms with E-state index < -0.39 is 0 Å². The molecule has 0 spiro atoms. The van der Waals surface area contributed by atoms with E-state index in [4.69, 9.17) is 0 Å². The maximum atomic E-state index is 13.0. The fourth-order valence-electron chi connectivity index (χ4n) is 3.21. The van der Waals surface area contributed by atoms with Gasteiger partial charge in [0.15, 0.2) is 0 Å². The molecule has 0 aliphatic carbocycles. The fraction of sp³-hybridized carbons (Fsp3) is 0.143. The third-order valence-electron chi connectivity index (χ3n) is 4.48. The van der Waals surface area contributed by atoms with Crippen molar-refractivity contribution in [1.82, 2.24) is 4.98 Å². The van der Waals surface area contributed by atoms with Crippen LogP contribution in [0.5, 0.6) is 0 Å². The summed E-state index contributed by atoms with van der Waals surface area (Å²) in [6.45, 7) is 3.32. The molecule has 0 fully saturated rings. The van der Waals surface area contributed by atoms with Crippen molar-refractivity contribution < 1.29 is 4.79 Å². The van der Waals surface area contributed by atoms with Crippen molar-refractivity contribution in [3.63, 3.8) is 0 Å². The molecule has 0 radical (unpaired) electrons. The molecular weight excluding hydrogens is 310 g/mol. The topological polar surface area (TPSA) is 45.2 Å². The smallest absolute Gasteiger partial charge is 0.261 e. The molecule has 0 atom stereocenters. The second-order valence-corrected chi connectivity index (χ2v) is 6.28. The highest BCUT2D eigenvalue weighted by Gasteiger charge is 2.30. The Bertz CT molecular complexity index is 921. The first kappa shape index (κ1) is 15.4. The van der Waals surface area contributed by atoms with E-state index in [1.165, 1.54) is 0 Å². The molecule has 2 aromatic carbocycles. The lowest BCUT2D eigenvalue weighted by atomic mass is 10.1. The standard InChI is InChI=1S/C21H19N3O/c1-15-4-2-6-18(12-15)24-14-17-5-3-7-19(20(17)21(24)25)23-13-16-8-10-22-11-9-16/h2-12,23H,13-14H2,1H3. The average molecular weight is 329 g/mol. The van der Waals surface area contributed by atoms with Gasteiger partial charge in [-0.25, -0.2) is 0 Å². The highest BCUT2D eigenvalue weighted by molar-refractivity contribution is 6.13. The number of carbonyl (C=O) groups excluding carboxylic acids is 1. The number of aryl methyl sites for hydroxylation is 1. The zero-order valence-corrected chi connectivity index (χ0v) is 14.1. The Morgan fingerprint density at radius 3 is 2.68 bits per heavy atom. The zero-order chi connectivity index (χ0) is 17.2. The fourth-order valence-corrected chi connectivity index (χ4v) is 3.21. The van der Waals surface area contributed by atoms with Gasteiger partial charge in [0.2, 0.25) is 0 Å². The van der Waals surface area contributed by atoms with Crippen LogP contribution in [0.4, 0.5) is 11.4 Å². The molecule has 0 saturated carbocycles. The minimum Gasteiger partial charge on any atom is -0.380 e. The molecular formula is C21H19N3O. The molecule has 2 heterocycles. The number of nitrogens with one attached hydrogen (secondary N) is 1. The van der Waals surface area contributed by atoms with Gasteiger partial charge in [-0.1, -0.05) is 24.3 Å². The number of fused-ring (bicyclic) bond motifs is 1. The monoisotopic (exact) mass is 329 g/mol. The normalized spacial score (nSPS) is 13.0. The quantitative estimate of drug-likeness (QED) is 0.781. The Balaban J connectivity index is 1.61. The summed E-state index contributed by atoms with van der Waals surface area (Å²) in [6, 6.07) is 18.0. The van der Waals surface area contributed by atoms with E-state index in [-0.39, 0.29) is 5.91 Å². The minimum absolute atomic E-state index is 0.0541. The van der Waals surface area contributed by atoms with E-state index in [1.807, 2.05) is 66.4 Å². The van der Waals surface area contributed by atoms with Crippen molar-refractivity contribution in [1.29, 1.82) is 0 Å². The van der Waals surface area contributed by atoms with Crippen LogP contribution in [0.2, 0.25) is 0 Å². The summed E-state index contributed by atoms with van der Waals surface area (Å²) in [5.41, 5.74) is 5.95. The number of hydrogen-bond donors (Lipinski definition) is 1. The predicted molar refractivity (Wildman–Crippen MR) is 99.7 cm³/mol. The second kappa shape index (κ2) is 6.40. The van der Waals surface area contributed by atoms with Gasteiger partial charge in [-0.2, -0.15) is 0 Å². The van der Waals surface area contributed by atoms with Crippen LogP contribution in [0.25, 0.3) is 0 Å². The maximum Gasteiger partial charge on any atom is 0.261 e. The van der Waals surface area contributed by atoms with Crippen molar-refractivity contribution in [2.75, 3.05) is 10.2 Å². The number of rotatable bonds is 4. The van der Waals surface area contributed by atoms with E-state index in [2.05, 4.69) is 10.3 Å². The van der Waals surface area contributed by atoms with Gasteiger partial charge in [0, 0.05) is 30.3 Å². The van der Waals surface area contributed by atoms with Gasteiger partial charge in [0.25, 0.3) is 5.91 Å². The molecule has 1 aliphatic heterocycles. The van der Waals surface area contributed by atoms with E-state index in [1.54, 1.807) is 12.4 Å². The molecule has 0 bridgehead atoms. The first-order valence-corrected chi connectivity index (χ1v) is 8.35. The van der Waals surface area contributed by atoms with E-state index in [0.717, 1.165) is 33.6 Å². The number of carbonyl (C=O) groups is 1. The Morgan fingerprint density at radius 2 is 1.88 bits per heavy atom.